The van der Waals surface area contributed by atoms with Crippen molar-refractivity contribution in [1.82, 2.24) is 10.4 Å². The zero-order valence-corrected chi connectivity index (χ0v) is 13.1. The van der Waals surface area contributed by atoms with E-state index in [9.17, 15) is 4.79 Å². The normalized spacial score (nSPS) is 11.0. The summed E-state index contributed by atoms with van der Waals surface area (Å²) >= 11 is 0. The summed E-state index contributed by atoms with van der Waals surface area (Å²) < 4.78 is 0. The molecular formula is C19H17N3O. The molecule has 3 aromatic rings. The lowest BCUT2D eigenvalue weighted by atomic mass is 10.1. The van der Waals surface area contributed by atoms with Gasteiger partial charge in [0.2, 0.25) is 0 Å². The van der Waals surface area contributed by atoms with Gasteiger partial charge in [0.15, 0.2) is 0 Å². The number of amides is 1. The van der Waals surface area contributed by atoms with Crippen molar-refractivity contribution in [1.29, 1.82) is 0 Å². The molecule has 0 fully saturated rings. The molecule has 1 N–H and O–H groups in total. The molecule has 0 saturated heterocycles. The first-order valence-corrected chi connectivity index (χ1v) is 7.40. The Labute approximate surface area is 134 Å². The van der Waals surface area contributed by atoms with Crippen molar-refractivity contribution in [3.05, 3.63) is 77.0 Å². The lowest BCUT2D eigenvalue weighted by Crippen LogP contribution is -2.19. The molecule has 0 bridgehead atoms. The number of nitrogens with zero attached hydrogens (tertiary/aromatic N) is 2. The number of carbonyl (C=O) groups excluding carboxylic acids is 1. The van der Waals surface area contributed by atoms with E-state index in [-0.39, 0.29) is 5.91 Å². The number of rotatable bonds is 3. The van der Waals surface area contributed by atoms with Crippen LogP contribution in [0.15, 0.2) is 59.7 Å². The Bertz CT molecular complexity index is 886. The van der Waals surface area contributed by atoms with Gasteiger partial charge in [-0.3, -0.25) is 9.78 Å². The van der Waals surface area contributed by atoms with E-state index < -0.39 is 0 Å². The molecule has 0 aliphatic heterocycles. The number of aryl methyl sites for hydroxylation is 2. The number of carbonyl (C=O) groups is 1. The smallest absolute Gasteiger partial charge is 0.267 e. The molecule has 1 heterocycles. The van der Waals surface area contributed by atoms with E-state index >= 15 is 0 Å². The topological polar surface area (TPSA) is 54.4 Å². The number of aromatic nitrogens is 1. The van der Waals surface area contributed by atoms with Gasteiger partial charge in [-0.25, -0.2) is 5.43 Å². The third kappa shape index (κ3) is 3.26. The first kappa shape index (κ1) is 14.9. The Morgan fingerprint density at radius 3 is 2.65 bits per heavy atom. The second-order valence-electron chi connectivity index (χ2n) is 5.38. The van der Waals surface area contributed by atoms with E-state index in [0.717, 1.165) is 22.0 Å². The Kier molecular flexibility index (Phi) is 4.15. The fourth-order valence-electron chi connectivity index (χ4n) is 2.43. The molecule has 0 aliphatic rings. The summed E-state index contributed by atoms with van der Waals surface area (Å²) in [5.41, 5.74) is 6.74. The van der Waals surface area contributed by atoms with E-state index in [1.807, 2.05) is 68.4 Å². The molecule has 3 rings (SSSR count). The summed E-state index contributed by atoms with van der Waals surface area (Å²) in [6, 6.07) is 17.4. The fraction of sp³-hybridized carbons (Fsp3) is 0.105. The number of hydrazone groups is 1. The zero-order chi connectivity index (χ0) is 16.2. The maximum Gasteiger partial charge on any atom is 0.273 e. The van der Waals surface area contributed by atoms with Crippen LogP contribution in [0.2, 0.25) is 0 Å². The number of hydrogen-bond donors (Lipinski definition) is 1. The lowest BCUT2D eigenvalue weighted by Gasteiger charge is -2.07. The molecule has 0 radical (unpaired) electrons. The van der Waals surface area contributed by atoms with Crippen molar-refractivity contribution in [2.24, 2.45) is 5.10 Å². The predicted molar refractivity (Wildman–Crippen MR) is 92.7 cm³/mol. The van der Waals surface area contributed by atoms with Gasteiger partial charge in [-0.15, -0.1) is 0 Å². The number of benzene rings is 2. The Balaban J connectivity index is 1.83. The molecule has 4 heteroatoms. The molecule has 23 heavy (non-hydrogen) atoms. The van der Waals surface area contributed by atoms with Crippen LogP contribution in [0.25, 0.3) is 10.9 Å². The molecular weight excluding hydrogens is 286 g/mol. The van der Waals surface area contributed by atoms with Crippen molar-refractivity contribution in [3.63, 3.8) is 0 Å². The Morgan fingerprint density at radius 2 is 1.87 bits per heavy atom. The summed E-state index contributed by atoms with van der Waals surface area (Å²) in [5.74, 6) is -0.259. The highest BCUT2D eigenvalue weighted by Crippen LogP contribution is 2.19. The summed E-state index contributed by atoms with van der Waals surface area (Å²) in [6.45, 7) is 3.85. The number of fused-ring (bicyclic) bond motifs is 1. The third-order valence-electron chi connectivity index (χ3n) is 3.66. The molecule has 0 spiro atoms. The van der Waals surface area contributed by atoms with Gasteiger partial charge in [0.25, 0.3) is 5.91 Å². The lowest BCUT2D eigenvalue weighted by molar-refractivity contribution is 0.0954. The monoisotopic (exact) mass is 303 g/mol. The highest BCUT2D eigenvalue weighted by atomic mass is 16.2. The quantitative estimate of drug-likeness (QED) is 0.593. The van der Waals surface area contributed by atoms with Gasteiger partial charge >= 0.3 is 0 Å². The van der Waals surface area contributed by atoms with Gasteiger partial charge in [0.1, 0.15) is 0 Å². The minimum atomic E-state index is -0.259. The van der Waals surface area contributed by atoms with Crippen molar-refractivity contribution < 1.29 is 4.79 Å². The van der Waals surface area contributed by atoms with Crippen LogP contribution >= 0.6 is 0 Å². The van der Waals surface area contributed by atoms with Gasteiger partial charge in [-0.1, -0.05) is 48.5 Å². The second-order valence-corrected chi connectivity index (χ2v) is 5.38. The average Bonchev–Trinajstić information content (AvgIpc) is 2.56. The van der Waals surface area contributed by atoms with Crippen LogP contribution in [0.5, 0.6) is 0 Å². The Hall–Kier alpha value is -3.01. The van der Waals surface area contributed by atoms with Crippen LogP contribution in [-0.2, 0) is 0 Å². The highest BCUT2D eigenvalue weighted by molar-refractivity contribution is 5.99. The number of nitrogens with one attached hydrogen (secondary N) is 1. The fourth-order valence-corrected chi connectivity index (χ4v) is 2.43. The molecule has 2 aromatic carbocycles. The predicted octanol–water partition coefficient (Wildman–Crippen LogP) is 3.62. The Morgan fingerprint density at radius 1 is 1.09 bits per heavy atom. The van der Waals surface area contributed by atoms with Crippen LogP contribution < -0.4 is 5.43 Å². The minimum absolute atomic E-state index is 0.259. The van der Waals surface area contributed by atoms with Gasteiger partial charge < -0.3 is 0 Å². The van der Waals surface area contributed by atoms with Crippen LogP contribution in [-0.4, -0.2) is 17.1 Å². The molecule has 0 saturated carbocycles. The number of pyridine rings is 1. The number of hydrogen-bond acceptors (Lipinski definition) is 3. The minimum Gasteiger partial charge on any atom is -0.267 e. The highest BCUT2D eigenvalue weighted by Gasteiger charge is 2.11. The second kappa shape index (κ2) is 6.40. The molecule has 4 nitrogen and oxygen atoms in total. The van der Waals surface area contributed by atoms with Crippen molar-refractivity contribution >= 4 is 23.0 Å². The maximum absolute atomic E-state index is 12.3. The standard InChI is InChI=1S/C19H17N3O/c1-13-7-6-10-16-11-17(14(2)21-18(13)16)19(23)22-20-12-15-8-4-3-5-9-15/h3-12H,1-2H3,(H,22,23)/b20-12+. The summed E-state index contributed by atoms with van der Waals surface area (Å²) in [4.78, 5) is 16.9. The average molecular weight is 303 g/mol. The summed E-state index contributed by atoms with van der Waals surface area (Å²) in [6.07, 6.45) is 1.62. The molecule has 0 atom stereocenters. The van der Waals surface area contributed by atoms with Crippen LogP contribution in [0.1, 0.15) is 27.2 Å². The van der Waals surface area contributed by atoms with Gasteiger partial charge in [0.05, 0.1) is 23.0 Å². The van der Waals surface area contributed by atoms with Crippen LogP contribution in [0, 0.1) is 13.8 Å². The molecule has 0 aliphatic carbocycles. The molecule has 1 aromatic heterocycles. The van der Waals surface area contributed by atoms with Gasteiger partial charge in [-0.05, 0) is 31.0 Å². The summed E-state index contributed by atoms with van der Waals surface area (Å²) in [5, 5.41) is 4.96. The van der Waals surface area contributed by atoms with Crippen LogP contribution in [0.3, 0.4) is 0 Å². The first-order valence-electron chi connectivity index (χ1n) is 7.40. The number of para-hydroxylation sites is 1. The van der Waals surface area contributed by atoms with Gasteiger partial charge in [0, 0.05) is 5.39 Å². The molecule has 114 valence electrons. The third-order valence-corrected chi connectivity index (χ3v) is 3.66. The largest absolute Gasteiger partial charge is 0.273 e. The van der Waals surface area contributed by atoms with E-state index in [1.54, 1.807) is 6.21 Å². The maximum atomic E-state index is 12.3. The molecule has 1 amide bonds. The van der Waals surface area contributed by atoms with E-state index in [2.05, 4.69) is 15.5 Å². The summed E-state index contributed by atoms with van der Waals surface area (Å²) in [7, 11) is 0. The van der Waals surface area contributed by atoms with Crippen molar-refractivity contribution in [3.8, 4) is 0 Å². The van der Waals surface area contributed by atoms with Crippen molar-refractivity contribution in [2.75, 3.05) is 0 Å². The van der Waals surface area contributed by atoms with Crippen LogP contribution in [0.4, 0.5) is 0 Å². The van der Waals surface area contributed by atoms with Gasteiger partial charge in [-0.2, -0.15) is 5.10 Å². The van der Waals surface area contributed by atoms with E-state index in [1.165, 1.54) is 0 Å². The SMILES string of the molecule is Cc1nc2c(C)cccc2cc1C(=O)N/N=C/c1ccccc1. The zero-order valence-electron chi connectivity index (χ0n) is 13.1. The molecule has 0 unspecified atom stereocenters. The van der Waals surface area contributed by atoms with E-state index in [4.69, 9.17) is 0 Å². The van der Waals surface area contributed by atoms with Crippen molar-refractivity contribution in [2.45, 2.75) is 13.8 Å². The van der Waals surface area contributed by atoms with E-state index in [0.29, 0.717) is 11.3 Å². The first-order chi connectivity index (χ1) is 11.1.